The summed E-state index contributed by atoms with van der Waals surface area (Å²) in [4.78, 5) is 12.2. The van der Waals surface area contributed by atoms with Gasteiger partial charge in [0.2, 0.25) is 10.0 Å². The summed E-state index contributed by atoms with van der Waals surface area (Å²) in [6.07, 6.45) is 1.76. The minimum Gasteiger partial charge on any atom is -0.352 e. The van der Waals surface area contributed by atoms with Crippen molar-refractivity contribution in [2.24, 2.45) is 17.8 Å². The highest BCUT2D eigenvalue weighted by molar-refractivity contribution is 7.89. The molecule has 0 radical (unpaired) electrons. The zero-order valence-electron chi connectivity index (χ0n) is 16.0. The first-order chi connectivity index (χ1) is 12.1. The number of carbonyl (C=O) groups is 1. The molecule has 1 N–H and O–H groups in total. The monoisotopic (exact) mass is 384 g/mol. The number of amides is 1. The molecule has 5 nitrogen and oxygen atoms in total. The van der Waals surface area contributed by atoms with Gasteiger partial charge < -0.3 is 5.32 Å². The van der Waals surface area contributed by atoms with Gasteiger partial charge in [-0.25, -0.2) is 12.8 Å². The number of nitrogens with zero attached hydrogens (tertiary/aromatic N) is 1. The van der Waals surface area contributed by atoms with E-state index < -0.39 is 21.7 Å². The van der Waals surface area contributed by atoms with Gasteiger partial charge in [0.25, 0.3) is 5.91 Å². The van der Waals surface area contributed by atoms with Gasteiger partial charge in [0, 0.05) is 19.6 Å². The molecule has 0 aromatic heterocycles. The molecule has 26 heavy (non-hydrogen) atoms. The second-order valence-corrected chi connectivity index (χ2v) is 9.79. The van der Waals surface area contributed by atoms with Gasteiger partial charge in [0.1, 0.15) is 5.82 Å². The van der Waals surface area contributed by atoms with Crippen LogP contribution < -0.4 is 5.32 Å². The molecule has 146 valence electrons. The molecule has 1 aromatic carbocycles. The normalized spacial score (nSPS) is 21.8. The third kappa shape index (κ3) is 5.04. The van der Waals surface area contributed by atoms with E-state index in [0.29, 0.717) is 25.6 Å². The van der Waals surface area contributed by atoms with Gasteiger partial charge in [-0.05, 0) is 48.8 Å². The number of benzene rings is 1. The molecule has 0 aliphatic carbocycles. The number of hydrogen-bond donors (Lipinski definition) is 1. The van der Waals surface area contributed by atoms with Crippen molar-refractivity contribution in [3.05, 3.63) is 29.6 Å². The second-order valence-electron chi connectivity index (χ2n) is 7.85. The van der Waals surface area contributed by atoms with Crippen molar-refractivity contribution in [3.8, 4) is 0 Å². The topological polar surface area (TPSA) is 66.5 Å². The van der Waals surface area contributed by atoms with Crippen LogP contribution in [-0.2, 0) is 10.0 Å². The number of nitrogens with one attached hydrogen (secondary N) is 1. The quantitative estimate of drug-likeness (QED) is 0.819. The van der Waals surface area contributed by atoms with E-state index in [0.717, 1.165) is 25.0 Å². The zero-order chi connectivity index (χ0) is 19.5. The Morgan fingerprint density at radius 2 is 1.88 bits per heavy atom. The van der Waals surface area contributed by atoms with Crippen LogP contribution in [0.15, 0.2) is 23.1 Å². The first-order valence-electron chi connectivity index (χ1n) is 9.19. The molecule has 0 bridgehead atoms. The maximum Gasteiger partial charge on any atom is 0.254 e. The molecule has 1 amide bonds. The molecule has 2 unspecified atom stereocenters. The number of piperidine rings is 1. The molecule has 1 aliphatic rings. The van der Waals surface area contributed by atoms with Gasteiger partial charge in [-0.3, -0.25) is 4.79 Å². The van der Waals surface area contributed by atoms with Crippen LogP contribution in [-0.4, -0.2) is 38.3 Å². The van der Waals surface area contributed by atoms with Crippen molar-refractivity contribution in [2.75, 3.05) is 19.6 Å². The van der Waals surface area contributed by atoms with E-state index in [4.69, 9.17) is 0 Å². The first kappa shape index (κ1) is 20.8. The van der Waals surface area contributed by atoms with Gasteiger partial charge in [0.05, 0.1) is 10.5 Å². The average Bonchev–Trinajstić information content (AvgIpc) is 2.53. The minimum atomic E-state index is -3.75. The lowest BCUT2D eigenvalue weighted by Crippen LogP contribution is -2.42. The van der Waals surface area contributed by atoms with Crippen molar-refractivity contribution in [1.29, 1.82) is 0 Å². The summed E-state index contributed by atoms with van der Waals surface area (Å²) < 4.78 is 41.4. The molecule has 1 heterocycles. The predicted octanol–water partition coefficient (Wildman–Crippen LogP) is 3.27. The van der Waals surface area contributed by atoms with Crippen molar-refractivity contribution >= 4 is 15.9 Å². The molecule has 2 atom stereocenters. The standard InChI is InChI=1S/C19H29FN2O3S/c1-13(2)7-8-21-19(23)17-10-16(5-6-18(17)20)26(24,25)22-11-14(3)9-15(4)12-22/h5-6,10,13-15H,7-9,11-12H2,1-4H3,(H,21,23). The smallest absolute Gasteiger partial charge is 0.254 e. The zero-order valence-corrected chi connectivity index (χ0v) is 16.8. The highest BCUT2D eigenvalue weighted by atomic mass is 32.2. The van der Waals surface area contributed by atoms with Crippen LogP contribution >= 0.6 is 0 Å². The van der Waals surface area contributed by atoms with E-state index in [1.54, 1.807) is 0 Å². The lowest BCUT2D eigenvalue weighted by Gasteiger charge is -2.34. The van der Waals surface area contributed by atoms with Gasteiger partial charge >= 0.3 is 0 Å². The predicted molar refractivity (Wildman–Crippen MR) is 99.9 cm³/mol. The molecule has 7 heteroatoms. The minimum absolute atomic E-state index is 0.0331. The number of halogens is 1. The Bertz CT molecular complexity index is 739. The van der Waals surface area contributed by atoms with E-state index in [9.17, 15) is 17.6 Å². The summed E-state index contributed by atoms with van der Waals surface area (Å²) in [7, 11) is -3.75. The first-order valence-corrected chi connectivity index (χ1v) is 10.6. The fourth-order valence-electron chi connectivity index (χ4n) is 3.36. The van der Waals surface area contributed by atoms with Gasteiger partial charge in [-0.2, -0.15) is 4.31 Å². The maximum atomic E-state index is 14.1. The molecule has 2 rings (SSSR count). The SMILES string of the molecule is CC(C)CCNC(=O)c1cc(S(=O)(=O)N2CC(C)CC(C)C2)ccc1F. The highest BCUT2D eigenvalue weighted by Gasteiger charge is 2.32. The van der Waals surface area contributed by atoms with Crippen LogP contribution in [0.1, 0.15) is 50.9 Å². The summed E-state index contributed by atoms with van der Waals surface area (Å²) in [6.45, 7) is 9.42. The van der Waals surface area contributed by atoms with Crippen molar-refractivity contribution in [2.45, 2.75) is 45.4 Å². The molecule has 0 saturated carbocycles. The molecule has 1 saturated heterocycles. The lowest BCUT2D eigenvalue weighted by atomic mass is 9.94. The van der Waals surface area contributed by atoms with E-state index >= 15 is 0 Å². The third-order valence-electron chi connectivity index (χ3n) is 4.66. The van der Waals surface area contributed by atoms with E-state index in [2.05, 4.69) is 5.32 Å². The van der Waals surface area contributed by atoms with E-state index in [1.165, 1.54) is 10.4 Å². The summed E-state index contributed by atoms with van der Waals surface area (Å²) in [6, 6.07) is 3.44. The summed E-state index contributed by atoms with van der Waals surface area (Å²) in [5.41, 5.74) is -0.229. The highest BCUT2D eigenvalue weighted by Crippen LogP contribution is 2.27. The van der Waals surface area contributed by atoms with Crippen molar-refractivity contribution < 1.29 is 17.6 Å². The van der Waals surface area contributed by atoms with Crippen LogP contribution in [0, 0.1) is 23.6 Å². The Morgan fingerprint density at radius 1 is 1.27 bits per heavy atom. The Kier molecular flexibility index (Phi) is 6.80. The van der Waals surface area contributed by atoms with Gasteiger partial charge in [-0.15, -0.1) is 0 Å². The van der Waals surface area contributed by atoms with E-state index in [-0.39, 0.29) is 22.3 Å². The summed E-state index contributed by atoms with van der Waals surface area (Å²) in [5, 5.41) is 2.66. The van der Waals surface area contributed by atoms with Crippen molar-refractivity contribution in [3.63, 3.8) is 0 Å². The fourth-order valence-corrected chi connectivity index (χ4v) is 5.07. The van der Waals surface area contributed by atoms with Crippen LogP contribution in [0.25, 0.3) is 0 Å². The Morgan fingerprint density at radius 3 is 2.46 bits per heavy atom. The fraction of sp³-hybridized carbons (Fsp3) is 0.632. The van der Waals surface area contributed by atoms with Gasteiger partial charge in [-0.1, -0.05) is 27.7 Å². The molecular weight excluding hydrogens is 355 g/mol. The number of sulfonamides is 1. The lowest BCUT2D eigenvalue weighted by molar-refractivity contribution is 0.0947. The maximum absolute atomic E-state index is 14.1. The molecule has 1 fully saturated rings. The average molecular weight is 385 g/mol. The van der Waals surface area contributed by atoms with Crippen LogP contribution in [0.2, 0.25) is 0 Å². The molecule has 1 aliphatic heterocycles. The van der Waals surface area contributed by atoms with Crippen LogP contribution in [0.3, 0.4) is 0 Å². The number of rotatable bonds is 6. The van der Waals surface area contributed by atoms with Crippen LogP contribution in [0.4, 0.5) is 4.39 Å². The van der Waals surface area contributed by atoms with Gasteiger partial charge in [0.15, 0.2) is 0 Å². The molecule has 0 spiro atoms. The summed E-state index contributed by atoms with van der Waals surface area (Å²) in [5.74, 6) is -0.345. The number of carbonyl (C=O) groups excluding carboxylic acids is 1. The Hall–Kier alpha value is -1.47. The Labute approximate surface area is 156 Å². The number of hydrogen-bond acceptors (Lipinski definition) is 3. The second kappa shape index (κ2) is 8.48. The molecular formula is C19H29FN2O3S. The van der Waals surface area contributed by atoms with Crippen molar-refractivity contribution in [1.82, 2.24) is 9.62 Å². The molecule has 1 aromatic rings. The van der Waals surface area contributed by atoms with Crippen LogP contribution in [0.5, 0.6) is 0 Å². The third-order valence-corrected chi connectivity index (χ3v) is 6.49. The van der Waals surface area contributed by atoms with E-state index in [1.807, 2.05) is 27.7 Å². The summed E-state index contributed by atoms with van der Waals surface area (Å²) >= 11 is 0. The largest absolute Gasteiger partial charge is 0.352 e. The Balaban J connectivity index is 2.23.